The van der Waals surface area contributed by atoms with Crippen molar-refractivity contribution in [2.45, 2.75) is 25.1 Å². The summed E-state index contributed by atoms with van der Waals surface area (Å²) in [5.41, 5.74) is 1.15. The van der Waals surface area contributed by atoms with Crippen molar-refractivity contribution in [3.63, 3.8) is 0 Å². The topological polar surface area (TPSA) is 87.7 Å². The molecule has 0 spiro atoms. The number of ether oxygens (including phenoxy) is 1. The first-order valence-electron chi connectivity index (χ1n) is 6.67. The number of benzene rings is 1. The zero-order valence-corrected chi connectivity index (χ0v) is 10.8. The van der Waals surface area contributed by atoms with Crippen molar-refractivity contribution in [3.8, 4) is 0 Å². The summed E-state index contributed by atoms with van der Waals surface area (Å²) in [5, 5.41) is 14.6. The third-order valence-corrected chi connectivity index (χ3v) is 3.87. The largest absolute Gasteiger partial charge is 0.478 e. The molecule has 1 aromatic rings. The monoisotopic (exact) mass is 276 g/mol. The Bertz CT molecular complexity index is 528. The molecule has 0 bridgehead atoms. The van der Waals surface area contributed by atoms with Crippen LogP contribution in [-0.4, -0.2) is 29.9 Å². The maximum absolute atomic E-state index is 11.7. The molecular formula is C14H16N2O4. The van der Waals surface area contributed by atoms with Gasteiger partial charge in [0.25, 0.3) is 0 Å². The van der Waals surface area contributed by atoms with E-state index in [1.807, 2.05) is 0 Å². The van der Waals surface area contributed by atoms with Crippen molar-refractivity contribution in [1.29, 1.82) is 0 Å². The third-order valence-electron chi connectivity index (χ3n) is 3.87. The van der Waals surface area contributed by atoms with E-state index in [4.69, 9.17) is 9.84 Å². The molecule has 0 aliphatic carbocycles. The number of aromatic carboxylic acids is 1. The quantitative estimate of drug-likeness (QED) is 0.763. The van der Waals surface area contributed by atoms with Gasteiger partial charge in [0.05, 0.1) is 11.6 Å². The van der Waals surface area contributed by atoms with Gasteiger partial charge in [-0.25, -0.2) is 9.59 Å². The molecule has 0 radical (unpaired) electrons. The second-order valence-corrected chi connectivity index (χ2v) is 5.12. The number of fused-ring (bicyclic) bond motifs is 1. The van der Waals surface area contributed by atoms with E-state index in [-0.39, 0.29) is 29.8 Å². The maximum Gasteiger partial charge on any atom is 0.335 e. The summed E-state index contributed by atoms with van der Waals surface area (Å²) in [7, 11) is 0. The number of hydrogen-bond donors (Lipinski definition) is 3. The van der Waals surface area contributed by atoms with Gasteiger partial charge in [-0.15, -0.1) is 0 Å². The van der Waals surface area contributed by atoms with E-state index >= 15 is 0 Å². The fourth-order valence-corrected chi connectivity index (χ4v) is 2.88. The van der Waals surface area contributed by atoms with Crippen molar-refractivity contribution in [3.05, 3.63) is 35.4 Å². The normalized spacial score (nSPS) is 29.0. The minimum absolute atomic E-state index is 0.142. The highest BCUT2D eigenvalue weighted by Gasteiger charge is 2.39. The smallest absolute Gasteiger partial charge is 0.335 e. The summed E-state index contributed by atoms with van der Waals surface area (Å²) in [5.74, 6) is -0.790. The second kappa shape index (κ2) is 5.13. The van der Waals surface area contributed by atoms with Crippen LogP contribution in [0.4, 0.5) is 4.79 Å². The van der Waals surface area contributed by atoms with Crippen molar-refractivity contribution in [2.24, 2.45) is 5.92 Å². The number of amides is 2. The van der Waals surface area contributed by atoms with Crippen LogP contribution in [0.15, 0.2) is 24.3 Å². The van der Waals surface area contributed by atoms with Gasteiger partial charge in [0.1, 0.15) is 6.23 Å². The molecule has 3 unspecified atom stereocenters. The van der Waals surface area contributed by atoms with E-state index in [2.05, 4.69) is 10.6 Å². The lowest BCUT2D eigenvalue weighted by atomic mass is 9.85. The summed E-state index contributed by atoms with van der Waals surface area (Å²) in [4.78, 5) is 22.5. The first kappa shape index (κ1) is 12.9. The molecule has 2 heterocycles. The van der Waals surface area contributed by atoms with Gasteiger partial charge in [-0.05, 0) is 30.5 Å². The molecule has 3 atom stereocenters. The van der Waals surface area contributed by atoms with Crippen LogP contribution in [0.1, 0.15) is 34.8 Å². The first-order chi connectivity index (χ1) is 9.65. The SMILES string of the molecule is O=C1NC2OCCCC2C(c2ccc(C(=O)O)cc2)N1. The minimum Gasteiger partial charge on any atom is -0.478 e. The van der Waals surface area contributed by atoms with Crippen molar-refractivity contribution in [1.82, 2.24) is 10.6 Å². The number of hydrogen-bond acceptors (Lipinski definition) is 3. The molecule has 20 heavy (non-hydrogen) atoms. The Morgan fingerprint density at radius 2 is 2.00 bits per heavy atom. The summed E-state index contributed by atoms with van der Waals surface area (Å²) in [6.45, 7) is 0.659. The molecule has 2 aliphatic heterocycles. The molecule has 2 amide bonds. The Hall–Kier alpha value is -2.08. The molecule has 2 aliphatic rings. The van der Waals surface area contributed by atoms with Gasteiger partial charge in [-0.2, -0.15) is 0 Å². The summed E-state index contributed by atoms with van der Waals surface area (Å²) >= 11 is 0. The van der Waals surface area contributed by atoms with Crippen LogP contribution in [0.5, 0.6) is 0 Å². The van der Waals surface area contributed by atoms with E-state index in [1.165, 1.54) is 0 Å². The number of carbonyl (C=O) groups is 2. The van der Waals surface area contributed by atoms with Crippen LogP contribution in [0.3, 0.4) is 0 Å². The molecule has 2 saturated heterocycles. The van der Waals surface area contributed by atoms with Crippen molar-refractivity contribution in [2.75, 3.05) is 6.61 Å². The van der Waals surface area contributed by atoms with Crippen LogP contribution in [0.2, 0.25) is 0 Å². The molecular weight excluding hydrogens is 260 g/mol. The highest BCUT2D eigenvalue weighted by Crippen LogP contribution is 2.34. The number of carbonyl (C=O) groups excluding carboxylic acids is 1. The van der Waals surface area contributed by atoms with Gasteiger partial charge in [-0.1, -0.05) is 12.1 Å². The predicted octanol–water partition coefficient (Wildman–Crippen LogP) is 1.49. The Labute approximate surface area is 116 Å². The Morgan fingerprint density at radius 1 is 1.25 bits per heavy atom. The van der Waals surface area contributed by atoms with E-state index in [0.717, 1.165) is 18.4 Å². The van der Waals surface area contributed by atoms with Gasteiger partial charge in [0, 0.05) is 12.5 Å². The lowest BCUT2D eigenvalue weighted by molar-refractivity contribution is -0.0602. The van der Waals surface area contributed by atoms with Crippen LogP contribution < -0.4 is 10.6 Å². The molecule has 106 valence electrons. The molecule has 1 aromatic carbocycles. The van der Waals surface area contributed by atoms with Crippen molar-refractivity contribution < 1.29 is 19.4 Å². The van der Waals surface area contributed by atoms with Crippen LogP contribution >= 0.6 is 0 Å². The fraction of sp³-hybridized carbons (Fsp3) is 0.429. The first-order valence-corrected chi connectivity index (χ1v) is 6.67. The molecule has 0 saturated carbocycles. The van der Waals surface area contributed by atoms with E-state index < -0.39 is 5.97 Å². The third kappa shape index (κ3) is 2.34. The summed E-state index contributed by atoms with van der Waals surface area (Å²) < 4.78 is 5.60. The van der Waals surface area contributed by atoms with Crippen LogP contribution in [0, 0.1) is 5.92 Å². The van der Waals surface area contributed by atoms with E-state index in [1.54, 1.807) is 24.3 Å². The molecule has 0 aromatic heterocycles. The Balaban J connectivity index is 1.86. The fourth-order valence-electron chi connectivity index (χ4n) is 2.88. The van der Waals surface area contributed by atoms with Gasteiger partial charge >= 0.3 is 12.0 Å². The number of carboxylic acids is 1. The minimum atomic E-state index is -0.954. The molecule has 6 heteroatoms. The maximum atomic E-state index is 11.7. The van der Waals surface area contributed by atoms with Crippen molar-refractivity contribution >= 4 is 12.0 Å². The van der Waals surface area contributed by atoms with Gasteiger partial charge < -0.3 is 20.5 Å². The van der Waals surface area contributed by atoms with Gasteiger partial charge in [-0.3, -0.25) is 0 Å². The zero-order chi connectivity index (χ0) is 14.1. The molecule has 6 nitrogen and oxygen atoms in total. The number of urea groups is 1. The summed E-state index contributed by atoms with van der Waals surface area (Å²) in [6, 6.07) is 6.24. The highest BCUT2D eigenvalue weighted by molar-refractivity contribution is 5.87. The number of nitrogens with one attached hydrogen (secondary N) is 2. The van der Waals surface area contributed by atoms with Gasteiger partial charge in [0.15, 0.2) is 0 Å². The van der Waals surface area contributed by atoms with Gasteiger partial charge in [0.2, 0.25) is 0 Å². The van der Waals surface area contributed by atoms with Crippen LogP contribution in [-0.2, 0) is 4.74 Å². The van der Waals surface area contributed by atoms with E-state index in [0.29, 0.717) is 6.61 Å². The Kier molecular flexibility index (Phi) is 3.31. The lowest BCUT2D eigenvalue weighted by Crippen LogP contribution is -2.58. The second-order valence-electron chi connectivity index (χ2n) is 5.12. The number of carboxylic acid groups (broad SMARTS) is 1. The average Bonchev–Trinajstić information content (AvgIpc) is 2.46. The average molecular weight is 276 g/mol. The van der Waals surface area contributed by atoms with Crippen LogP contribution in [0.25, 0.3) is 0 Å². The molecule has 2 fully saturated rings. The molecule has 3 rings (SSSR count). The standard InChI is InChI=1S/C14H16N2O4/c17-13(18)9-5-3-8(4-6-9)11-10-2-1-7-20-12(10)16-14(19)15-11/h3-6,10-12H,1-2,7H2,(H,17,18)(H2,15,16,19). The Morgan fingerprint density at radius 3 is 2.70 bits per heavy atom. The summed E-state index contributed by atoms with van der Waals surface area (Å²) in [6.07, 6.45) is 1.66. The highest BCUT2D eigenvalue weighted by atomic mass is 16.5. The number of rotatable bonds is 2. The van der Waals surface area contributed by atoms with E-state index in [9.17, 15) is 9.59 Å². The zero-order valence-electron chi connectivity index (χ0n) is 10.8. The molecule has 3 N–H and O–H groups in total. The predicted molar refractivity (Wildman–Crippen MR) is 70.3 cm³/mol. The lowest BCUT2D eigenvalue weighted by Gasteiger charge is -2.41.